The number of carbonyl (C=O) groups excluding carboxylic acids is 2. The zero-order valence-corrected chi connectivity index (χ0v) is 20.6. The third kappa shape index (κ3) is 5.03. The maximum absolute atomic E-state index is 13.5. The minimum atomic E-state index is -4.52. The highest BCUT2D eigenvalue weighted by Crippen LogP contribution is 2.43. The van der Waals surface area contributed by atoms with Crippen molar-refractivity contribution in [3.05, 3.63) is 82.2 Å². The number of Topliss-reactive ketones (excluding diaryl/α,β-unsaturated/α-hetero) is 1. The fraction of sp³-hybridized carbons (Fsp3) is 0.357. The molecule has 0 spiro atoms. The monoisotopic (exact) mass is 497 g/mol. The first-order valence-electron chi connectivity index (χ1n) is 12.2. The van der Waals surface area contributed by atoms with Crippen molar-refractivity contribution in [3.8, 4) is 0 Å². The molecular formula is C28H30F3N3O2. The summed E-state index contributed by atoms with van der Waals surface area (Å²) in [7, 11) is 0. The number of rotatable bonds is 6. The smallest absolute Gasteiger partial charge is 0.372 e. The molecule has 36 heavy (non-hydrogen) atoms. The van der Waals surface area contributed by atoms with E-state index in [-0.39, 0.29) is 11.5 Å². The number of halogens is 3. The second kappa shape index (κ2) is 10.2. The number of nitrogens with one attached hydrogen (secondary N) is 2. The lowest BCUT2D eigenvalue weighted by Crippen LogP contribution is -2.35. The summed E-state index contributed by atoms with van der Waals surface area (Å²) in [5.41, 5.74) is 3.34. The van der Waals surface area contributed by atoms with Crippen molar-refractivity contribution < 1.29 is 22.8 Å². The van der Waals surface area contributed by atoms with E-state index in [0.29, 0.717) is 29.7 Å². The number of hydrogen-bond acceptors (Lipinski definition) is 4. The molecule has 2 aromatic rings. The number of anilines is 2. The van der Waals surface area contributed by atoms with Gasteiger partial charge in [0.05, 0.1) is 5.56 Å². The van der Waals surface area contributed by atoms with Crippen molar-refractivity contribution in [2.45, 2.75) is 52.1 Å². The van der Waals surface area contributed by atoms with Crippen LogP contribution in [0.2, 0.25) is 0 Å². The Labute approximate surface area is 209 Å². The Kier molecular flexibility index (Phi) is 7.24. The molecule has 1 aliphatic heterocycles. The quantitative estimate of drug-likeness (QED) is 0.502. The number of hydrogen-bond donors (Lipinski definition) is 2. The van der Waals surface area contributed by atoms with E-state index in [9.17, 15) is 22.8 Å². The predicted octanol–water partition coefficient (Wildman–Crippen LogP) is 6.16. The zero-order chi connectivity index (χ0) is 26.0. The number of amides is 1. The Morgan fingerprint density at radius 3 is 2.42 bits per heavy atom. The van der Waals surface area contributed by atoms with E-state index in [1.807, 2.05) is 24.3 Å². The van der Waals surface area contributed by atoms with E-state index in [2.05, 4.69) is 29.4 Å². The van der Waals surface area contributed by atoms with Crippen LogP contribution >= 0.6 is 0 Å². The topological polar surface area (TPSA) is 61.4 Å². The number of benzene rings is 2. The van der Waals surface area contributed by atoms with Gasteiger partial charge < -0.3 is 15.5 Å². The number of alkyl halides is 3. The third-order valence-electron chi connectivity index (χ3n) is 6.82. The van der Waals surface area contributed by atoms with Crippen LogP contribution in [0.3, 0.4) is 0 Å². The SMILES string of the molecule is CCN(CC)c1ccc([C@H]2C(C(=O)Nc3cccc(C(F)(F)F)c3)=C(C)NC3=C2C(=O)CCC3)cc1. The van der Waals surface area contributed by atoms with E-state index in [1.54, 1.807) is 6.92 Å². The maximum Gasteiger partial charge on any atom is 0.416 e. The minimum absolute atomic E-state index is 0.0153. The van der Waals surface area contributed by atoms with Crippen LogP contribution in [0.25, 0.3) is 0 Å². The van der Waals surface area contributed by atoms with E-state index >= 15 is 0 Å². The number of allylic oxidation sites excluding steroid dienone is 3. The molecule has 0 radical (unpaired) electrons. The molecule has 4 rings (SSSR count). The highest BCUT2D eigenvalue weighted by atomic mass is 19.4. The van der Waals surface area contributed by atoms with Gasteiger partial charge in [-0.2, -0.15) is 13.2 Å². The van der Waals surface area contributed by atoms with Crippen molar-refractivity contribution in [1.82, 2.24) is 5.32 Å². The van der Waals surface area contributed by atoms with Crippen LogP contribution in [-0.4, -0.2) is 24.8 Å². The average molecular weight is 498 g/mol. The van der Waals surface area contributed by atoms with Gasteiger partial charge in [-0.05, 0) is 69.5 Å². The lowest BCUT2D eigenvalue weighted by molar-refractivity contribution is -0.137. The molecule has 5 nitrogen and oxygen atoms in total. The fourth-order valence-electron chi connectivity index (χ4n) is 5.06. The maximum atomic E-state index is 13.5. The van der Waals surface area contributed by atoms with Crippen LogP contribution in [-0.2, 0) is 15.8 Å². The minimum Gasteiger partial charge on any atom is -0.372 e. The lowest BCUT2D eigenvalue weighted by Gasteiger charge is -2.34. The van der Waals surface area contributed by atoms with Crippen LogP contribution in [0.5, 0.6) is 0 Å². The van der Waals surface area contributed by atoms with Crippen molar-refractivity contribution in [2.24, 2.45) is 0 Å². The molecule has 1 amide bonds. The highest BCUT2D eigenvalue weighted by molar-refractivity contribution is 6.09. The van der Waals surface area contributed by atoms with Crippen molar-refractivity contribution >= 4 is 23.1 Å². The average Bonchev–Trinajstić information content (AvgIpc) is 2.84. The Balaban J connectivity index is 1.74. The van der Waals surface area contributed by atoms with E-state index < -0.39 is 23.6 Å². The first-order valence-corrected chi connectivity index (χ1v) is 12.2. The van der Waals surface area contributed by atoms with Gasteiger partial charge in [0.2, 0.25) is 0 Å². The highest BCUT2D eigenvalue weighted by Gasteiger charge is 2.38. The van der Waals surface area contributed by atoms with Gasteiger partial charge in [-0.1, -0.05) is 18.2 Å². The van der Waals surface area contributed by atoms with Gasteiger partial charge in [0.1, 0.15) is 0 Å². The molecule has 2 N–H and O–H groups in total. The molecule has 0 saturated carbocycles. The summed E-state index contributed by atoms with van der Waals surface area (Å²) in [4.78, 5) is 28.8. The van der Waals surface area contributed by atoms with Crippen LogP contribution in [0.1, 0.15) is 57.1 Å². The van der Waals surface area contributed by atoms with Gasteiger partial charge in [-0.25, -0.2) is 0 Å². The Bertz CT molecular complexity index is 1230. The second-order valence-electron chi connectivity index (χ2n) is 9.06. The van der Waals surface area contributed by atoms with Crippen LogP contribution in [0, 0.1) is 0 Å². The molecule has 0 saturated heterocycles. The van der Waals surface area contributed by atoms with E-state index in [0.717, 1.165) is 48.6 Å². The molecule has 0 unspecified atom stereocenters. The lowest BCUT2D eigenvalue weighted by atomic mass is 9.75. The molecule has 1 heterocycles. The Morgan fingerprint density at radius 2 is 1.78 bits per heavy atom. The summed E-state index contributed by atoms with van der Waals surface area (Å²) in [6, 6.07) is 12.4. The van der Waals surface area contributed by atoms with Crippen LogP contribution in [0.15, 0.2) is 71.1 Å². The number of ketones is 1. The molecule has 2 aliphatic rings. The van der Waals surface area contributed by atoms with Gasteiger partial charge in [0.15, 0.2) is 5.78 Å². The van der Waals surface area contributed by atoms with E-state index in [4.69, 9.17) is 0 Å². The normalized spacial score (nSPS) is 18.1. The first kappa shape index (κ1) is 25.5. The molecule has 0 fully saturated rings. The first-order chi connectivity index (χ1) is 17.1. The number of dihydropyridines is 1. The van der Waals surface area contributed by atoms with Gasteiger partial charge >= 0.3 is 6.18 Å². The molecule has 1 aliphatic carbocycles. The summed E-state index contributed by atoms with van der Waals surface area (Å²) in [6.45, 7) is 7.61. The molecule has 190 valence electrons. The molecule has 8 heteroatoms. The third-order valence-corrected chi connectivity index (χ3v) is 6.82. The fourth-order valence-corrected chi connectivity index (χ4v) is 5.06. The largest absolute Gasteiger partial charge is 0.416 e. The summed E-state index contributed by atoms with van der Waals surface area (Å²) in [5.74, 6) is -1.16. The molecule has 0 aromatic heterocycles. The van der Waals surface area contributed by atoms with Gasteiger partial charge in [0.25, 0.3) is 5.91 Å². The van der Waals surface area contributed by atoms with Crippen molar-refractivity contribution in [3.63, 3.8) is 0 Å². The van der Waals surface area contributed by atoms with Crippen molar-refractivity contribution in [1.29, 1.82) is 0 Å². The summed E-state index contributed by atoms with van der Waals surface area (Å²) < 4.78 is 39.6. The van der Waals surface area contributed by atoms with Gasteiger partial charge in [0, 0.05) is 59.3 Å². The van der Waals surface area contributed by atoms with Crippen LogP contribution < -0.4 is 15.5 Å². The van der Waals surface area contributed by atoms with Gasteiger partial charge in [-0.15, -0.1) is 0 Å². The summed E-state index contributed by atoms with van der Waals surface area (Å²) in [6.07, 6.45) is -2.69. The van der Waals surface area contributed by atoms with Crippen molar-refractivity contribution in [2.75, 3.05) is 23.3 Å². The number of carbonyl (C=O) groups is 2. The predicted molar refractivity (Wildman–Crippen MR) is 135 cm³/mol. The Hall–Kier alpha value is -3.55. The summed E-state index contributed by atoms with van der Waals surface area (Å²) in [5, 5.41) is 5.87. The van der Waals surface area contributed by atoms with Crippen LogP contribution in [0.4, 0.5) is 24.5 Å². The second-order valence-corrected chi connectivity index (χ2v) is 9.06. The standard InChI is InChI=1S/C28H30F3N3O2/c1-4-34(5-2)21-14-12-18(13-15-21)25-24(17(3)32-22-10-7-11-23(35)26(22)25)27(36)33-20-9-6-8-19(16-20)28(29,30)31/h6,8-9,12-16,25,32H,4-5,7,10-11H2,1-3H3,(H,33,36)/t25-/m0/s1. The molecule has 2 aromatic carbocycles. The summed E-state index contributed by atoms with van der Waals surface area (Å²) >= 11 is 0. The zero-order valence-electron chi connectivity index (χ0n) is 20.6. The Morgan fingerprint density at radius 1 is 1.08 bits per heavy atom. The van der Waals surface area contributed by atoms with E-state index in [1.165, 1.54) is 12.1 Å². The molecule has 1 atom stereocenters. The number of nitrogens with zero attached hydrogens (tertiary/aromatic N) is 1. The molecule has 0 bridgehead atoms. The van der Waals surface area contributed by atoms with Gasteiger partial charge in [-0.3, -0.25) is 9.59 Å². The molecular weight excluding hydrogens is 467 g/mol.